The Hall–Kier alpha value is -0.640. The lowest BCUT2D eigenvalue weighted by Gasteiger charge is -2.06. The Morgan fingerprint density at radius 3 is 3.27 bits per heavy atom. The van der Waals surface area contributed by atoms with Gasteiger partial charge in [0.15, 0.2) is 6.29 Å². The molecule has 0 aromatic rings. The molecule has 0 bridgehead atoms. The highest BCUT2D eigenvalue weighted by molar-refractivity contribution is 5.20. The zero-order valence-corrected chi connectivity index (χ0v) is 6.32. The molecule has 0 saturated heterocycles. The molecule has 1 aliphatic rings. The van der Waals surface area contributed by atoms with E-state index in [0.717, 1.165) is 5.57 Å². The maximum absolute atomic E-state index is 8.43. The number of aliphatic hydroxyl groups is 1. The van der Waals surface area contributed by atoms with Crippen molar-refractivity contribution >= 4 is 0 Å². The van der Waals surface area contributed by atoms with Crippen LogP contribution in [0, 0.1) is 0 Å². The van der Waals surface area contributed by atoms with Crippen molar-refractivity contribution in [1.82, 2.24) is 0 Å². The van der Waals surface area contributed by atoms with Crippen LogP contribution in [0.4, 0.5) is 0 Å². The number of hydrogen-bond acceptors (Lipinski definition) is 3. The van der Waals surface area contributed by atoms with Crippen LogP contribution in [0.25, 0.3) is 0 Å². The highest BCUT2D eigenvalue weighted by atomic mass is 16.7. The van der Waals surface area contributed by atoms with Crippen LogP contribution in [0.15, 0.2) is 24.3 Å². The molecule has 0 aromatic carbocycles. The lowest BCUT2D eigenvalue weighted by atomic mass is 10.3. The second-order valence-corrected chi connectivity index (χ2v) is 2.22. The first-order valence-electron chi connectivity index (χ1n) is 3.54. The predicted molar refractivity (Wildman–Crippen MR) is 41.1 cm³/mol. The summed E-state index contributed by atoms with van der Waals surface area (Å²) in [6.45, 7) is 4.50. The summed E-state index contributed by atoms with van der Waals surface area (Å²) in [5.74, 6) is 0. The fourth-order valence-electron chi connectivity index (χ4n) is 0.841. The van der Waals surface area contributed by atoms with Gasteiger partial charge in [0.1, 0.15) is 0 Å². The van der Waals surface area contributed by atoms with Crippen LogP contribution < -0.4 is 0 Å². The maximum atomic E-state index is 8.43. The van der Waals surface area contributed by atoms with E-state index in [1.165, 1.54) is 0 Å². The predicted octanol–water partition coefficient (Wildman–Crippen LogP) is 0.464. The Kier molecular flexibility index (Phi) is 3.29. The molecule has 0 fully saturated rings. The third-order valence-electron chi connectivity index (χ3n) is 1.40. The molecule has 1 atom stereocenters. The van der Waals surface area contributed by atoms with Gasteiger partial charge in [0.05, 0.1) is 19.8 Å². The second kappa shape index (κ2) is 4.28. The lowest BCUT2D eigenvalue weighted by Crippen LogP contribution is -2.12. The molecule has 62 valence electrons. The van der Waals surface area contributed by atoms with E-state index in [1.807, 2.05) is 6.08 Å². The van der Waals surface area contributed by atoms with Crippen LogP contribution >= 0.6 is 0 Å². The summed E-state index contributed by atoms with van der Waals surface area (Å²) in [5, 5.41) is 8.43. The molecule has 0 saturated carbocycles. The summed E-state index contributed by atoms with van der Waals surface area (Å²) < 4.78 is 10.2. The molecule has 1 N–H and O–H groups in total. The van der Waals surface area contributed by atoms with Gasteiger partial charge >= 0.3 is 0 Å². The molecule has 3 nitrogen and oxygen atoms in total. The first-order valence-corrected chi connectivity index (χ1v) is 3.54. The molecular formula is C8H12O3. The zero-order valence-electron chi connectivity index (χ0n) is 6.32. The molecule has 1 aliphatic heterocycles. The highest BCUT2D eigenvalue weighted by Gasteiger charge is 2.13. The number of aliphatic hydroxyl groups excluding tert-OH is 1. The van der Waals surface area contributed by atoms with Crippen LogP contribution in [-0.4, -0.2) is 31.2 Å². The van der Waals surface area contributed by atoms with Crippen molar-refractivity contribution in [3.05, 3.63) is 24.3 Å². The minimum absolute atomic E-state index is 0.0249. The summed E-state index contributed by atoms with van der Waals surface area (Å²) in [7, 11) is 0. The largest absolute Gasteiger partial charge is 0.394 e. The average molecular weight is 156 g/mol. The third-order valence-corrected chi connectivity index (χ3v) is 1.40. The summed E-state index contributed by atoms with van der Waals surface area (Å²) >= 11 is 0. The van der Waals surface area contributed by atoms with Gasteiger partial charge in [0.25, 0.3) is 0 Å². The first kappa shape index (κ1) is 8.46. The van der Waals surface area contributed by atoms with E-state index >= 15 is 0 Å². The van der Waals surface area contributed by atoms with Crippen LogP contribution in [0.5, 0.6) is 0 Å². The molecule has 0 spiro atoms. The van der Waals surface area contributed by atoms with Crippen molar-refractivity contribution in [2.45, 2.75) is 6.29 Å². The van der Waals surface area contributed by atoms with Crippen molar-refractivity contribution in [2.75, 3.05) is 19.8 Å². The third kappa shape index (κ3) is 2.46. The average Bonchev–Trinajstić information content (AvgIpc) is 2.48. The highest BCUT2D eigenvalue weighted by Crippen LogP contribution is 2.12. The SMILES string of the molecule is C=CC1=C[C@H](OCCO)OC1. The molecule has 11 heavy (non-hydrogen) atoms. The molecule has 0 radical (unpaired) electrons. The minimum Gasteiger partial charge on any atom is -0.394 e. The van der Waals surface area contributed by atoms with E-state index in [4.69, 9.17) is 14.6 Å². The van der Waals surface area contributed by atoms with Gasteiger partial charge in [-0.1, -0.05) is 12.7 Å². The van der Waals surface area contributed by atoms with Gasteiger partial charge in [-0.05, 0) is 11.6 Å². The van der Waals surface area contributed by atoms with Gasteiger partial charge in [0.2, 0.25) is 0 Å². The molecule has 0 amide bonds. The smallest absolute Gasteiger partial charge is 0.177 e. The summed E-state index contributed by atoms with van der Waals surface area (Å²) in [6.07, 6.45) is 3.29. The number of rotatable bonds is 4. The molecular weight excluding hydrogens is 144 g/mol. The van der Waals surface area contributed by atoms with Crippen molar-refractivity contribution in [1.29, 1.82) is 0 Å². The van der Waals surface area contributed by atoms with Gasteiger partial charge in [-0.15, -0.1) is 0 Å². The summed E-state index contributed by atoms with van der Waals surface area (Å²) in [4.78, 5) is 0. The lowest BCUT2D eigenvalue weighted by molar-refractivity contribution is -0.0991. The molecule has 3 heteroatoms. The summed E-state index contributed by atoms with van der Waals surface area (Å²) in [5.41, 5.74) is 1.04. The van der Waals surface area contributed by atoms with E-state index in [-0.39, 0.29) is 12.9 Å². The van der Waals surface area contributed by atoms with Gasteiger partial charge < -0.3 is 14.6 Å². The standard InChI is InChI=1S/C8H12O3/c1-2-7-5-8(11-6-7)10-4-3-9/h2,5,8-9H,1,3-4,6H2/t8-/m1/s1. The fourth-order valence-corrected chi connectivity index (χ4v) is 0.841. The van der Waals surface area contributed by atoms with E-state index in [0.29, 0.717) is 13.2 Å². The van der Waals surface area contributed by atoms with E-state index in [9.17, 15) is 0 Å². The topological polar surface area (TPSA) is 38.7 Å². The Morgan fingerprint density at radius 1 is 1.91 bits per heavy atom. The zero-order chi connectivity index (χ0) is 8.10. The van der Waals surface area contributed by atoms with Crippen molar-refractivity contribution in [3.63, 3.8) is 0 Å². The maximum Gasteiger partial charge on any atom is 0.177 e. The van der Waals surface area contributed by atoms with Gasteiger partial charge in [-0.3, -0.25) is 0 Å². The van der Waals surface area contributed by atoms with Crippen LogP contribution in [0.1, 0.15) is 0 Å². The normalized spacial score (nSPS) is 23.4. The van der Waals surface area contributed by atoms with Crippen molar-refractivity contribution in [3.8, 4) is 0 Å². The Balaban J connectivity index is 2.28. The van der Waals surface area contributed by atoms with Crippen molar-refractivity contribution < 1.29 is 14.6 Å². The molecule has 0 aromatic heterocycles. The Morgan fingerprint density at radius 2 is 2.73 bits per heavy atom. The quantitative estimate of drug-likeness (QED) is 0.642. The van der Waals surface area contributed by atoms with Gasteiger partial charge in [-0.2, -0.15) is 0 Å². The first-order chi connectivity index (χ1) is 5.36. The van der Waals surface area contributed by atoms with E-state index < -0.39 is 0 Å². The fraction of sp³-hybridized carbons (Fsp3) is 0.500. The Labute approximate surface area is 65.9 Å². The van der Waals surface area contributed by atoms with Crippen LogP contribution in [0.2, 0.25) is 0 Å². The van der Waals surface area contributed by atoms with Crippen molar-refractivity contribution in [2.24, 2.45) is 0 Å². The summed E-state index contributed by atoms with van der Waals surface area (Å²) in [6, 6.07) is 0. The van der Waals surface area contributed by atoms with E-state index in [2.05, 4.69) is 6.58 Å². The molecule has 1 rings (SSSR count). The van der Waals surface area contributed by atoms with Gasteiger partial charge in [0, 0.05) is 0 Å². The number of hydrogen-bond donors (Lipinski definition) is 1. The number of ether oxygens (including phenoxy) is 2. The monoisotopic (exact) mass is 156 g/mol. The molecule has 0 unspecified atom stereocenters. The van der Waals surface area contributed by atoms with Gasteiger partial charge in [-0.25, -0.2) is 0 Å². The second-order valence-electron chi connectivity index (χ2n) is 2.22. The Bertz CT molecular complexity index is 163. The van der Waals surface area contributed by atoms with Crippen LogP contribution in [-0.2, 0) is 9.47 Å². The molecule has 0 aliphatic carbocycles. The van der Waals surface area contributed by atoms with E-state index in [1.54, 1.807) is 6.08 Å². The minimum atomic E-state index is -0.296. The molecule has 1 heterocycles. The van der Waals surface area contributed by atoms with Crippen LogP contribution in [0.3, 0.4) is 0 Å².